The van der Waals surface area contributed by atoms with E-state index in [1.165, 1.54) is 11.3 Å². The van der Waals surface area contributed by atoms with Crippen molar-refractivity contribution >= 4 is 28.4 Å². The van der Waals surface area contributed by atoms with Crippen molar-refractivity contribution < 1.29 is 15.0 Å². The van der Waals surface area contributed by atoms with E-state index in [4.69, 9.17) is 5.11 Å². The zero-order chi connectivity index (χ0) is 24.5. The molecule has 0 spiro atoms. The van der Waals surface area contributed by atoms with Crippen LogP contribution < -0.4 is 21.3 Å². The fourth-order valence-corrected chi connectivity index (χ4v) is 4.02. The maximum atomic E-state index is 11.9. The number of benzene rings is 1. The van der Waals surface area contributed by atoms with Crippen LogP contribution in [0.2, 0.25) is 0 Å². The number of nitrogens with one attached hydrogen (secondary N) is 4. The zero-order valence-corrected chi connectivity index (χ0v) is 20.3. The number of carbonyl (C=O) groups is 1. The Hall–Kier alpha value is -3.28. The number of nitrogens with zero attached hydrogens (tertiary/aromatic N) is 3. The van der Waals surface area contributed by atoms with Crippen LogP contribution in [0.15, 0.2) is 36.5 Å². The monoisotopic (exact) mass is 485 g/mol. The summed E-state index contributed by atoms with van der Waals surface area (Å²) in [5, 5.41) is 31.6. The average Bonchev–Trinajstić information content (AvgIpc) is 3.29. The van der Waals surface area contributed by atoms with E-state index in [2.05, 4.69) is 36.2 Å². The molecule has 3 rings (SSSR count). The van der Waals surface area contributed by atoms with E-state index < -0.39 is 6.10 Å². The van der Waals surface area contributed by atoms with Crippen molar-refractivity contribution in [3.63, 3.8) is 0 Å². The molecular formula is C23H31N7O3S. The summed E-state index contributed by atoms with van der Waals surface area (Å²) in [4.78, 5) is 26.4. The first-order valence-corrected chi connectivity index (χ1v) is 12.0. The Bertz CT molecular complexity index is 1090. The third-order valence-corrected chi connectivity index (χ3v) is 5.62. The summed E-state index contributed by atoms with van der Waals surface area (Å²) < 4.78 is 0. The summed E-state index contributed by atoms with van der Waals surface area (Å²) in [6.07, 6.45) is 0.825. The molecule has 0 saturated carbocycles. The van der Waals surface area contributed by atoms with Crippen LogP contribution in [0.1, 0.15) is 26.3 Å². The van der Waals surface area contributed by atoms with E-state index in [1.807, 2.05) is 51.1 Å². The van der Waals surface area contributed by atoms with Gasteiger partial charge in [0.15, 0.2) is 5.13 Å². The molecule has 2 aromatic heterocycles. The minimum atomic E-state index is -0.936. The SMILES string of the molecule is CCNC(=O)NCc1ccccc1-c1cc(-c2cnc(NC(C)C)s2)nc(NCC(O)CO)n1. The second kappa shape index (κ2) is 12.3. The van der Waals surface area contributed by atoms with Gasteiger partial charge in [0.25, 0.3) is 0 Å². The fraction of sp³-hybridized carbons (Fsp3) is 0.391. The molecule has 10 nitrogen and oxygen atoms in total. The lowest BCUT2D eigenvalue weighted by Gasteiger charge is -2.14. The number of aliphatic hydroxyl groups excluding tert-OH is 2. The van der Waals surface area contributed by atoms with Crippen molar-refractivity contribution in [2.24, 2.45) is 0 Å². The summed E-state index contributed by atoms with van der Waals surface area (Å²) in [6, 6.07) is 9.58. The van der Waals surface area contributed by atoms with Gasteiger partial charge in [-0.25, -0.2) is 19.7 Å². The van der Waals surface area contributed by atoms with Crippen LogP contribution >= 0.6 is 11.3 Å². The van der Waals surface area contributed by atoms with E-state index in [1.54, 1.807) is 6.20 Å². The number of thiazole rings is 1. The Balaban J connectivity index is 1.97. The van der Waals surface area contributed by atoms with Crippen LogP contribution in [0.3, 0.4) is 0 Å². The molecule has 0 aliphatic rings. The minimum Gasteiger partial charge on any atom is -0.394 e. The fourth-order valence-electron chi connectivity index (χ4n) is 3.09. The summed E-state index contributed by atoms with van der Waals surface area (Å²) in [6.45, 7) is 6.56. The number of aromatic nitrogens is 3. The molecule has 0 fully saturated rings. The van der Waals surface area contributed by atoms with Crippen molar-refractivity contribution in [1.29, 1.82) is 0 Å². The number of aliphatic hydroxyl groups is 2. The van der Waals surface area contributed by atoms with E-state index in [-0.39, 0.29) is 25.2 Å². The lowest BCUT2D eigenvalue weighted by atomic mass is 10.0. The van der Waals surface area contributed by atoms with Gasteiger partial charge >= 0.3 is 6.03 Å². The summed E-state index contributed by atoms with van der Waals surface area (Å²) in [5.74, 6) is 0.318. The topological polar surface area (TPSA) is 144 Å². The maximum Gasteiger partial charge on any atom is 0.315 e. The minimum absolute atomic E-state index is 0.0998. The van der Waals surface area contributed by atoms with Crippen molar-refractivity contribution in [2.45, 2.75) is 39.5 Å². The predicted octanol–water partition coefficient (Wildman–Crippen LogP) is 2.67. The molecule has 2 amide bonds. The van der Waals surface area contributed by atoms with Crippen LogP contribution in [0, 0.1) is 0 Å². The van der Waals surface area contributed by atoms with Gasteiger partial charge in [-0.05, 0) is 32.4 Å². The first-order chi connectivity index (χ1) is 16.4. The molecule has 0 bridgehead atoms. The molecule has 3 aromatic rings. The highest BCUT2D eigenvalue weighted by molar-refractivity contribution is 7.18. The normalized spacial score (nSPS) is 11.8. The van der Waals surface area contributed by atoms with E-state index in [9.17, 15) is 9.90 Å². The maximum absolute atomic E-state index is 11.9. The molecule has 1 atom stereocenters. The second-order valence-electron chi connectivity index (χ2n) is 7.88. The van der Waals surface area contributed by atoms with Gasteiger partial charge in [0.2, 0.25) is 5.95 Å². The van der Waals surface area contributed by atoms with E-state index in [0.29, 0.717) is 30.4 Å². The molecule has 182 valence electrons. The Morgan fingerprint density at radius 2 is 1.91 bits per heavy atom. The number of hydrogen-bond donors (Lipinski definition) is 6. The molecule has 34 heavy (non-hydrogen) atoms. The van der Waals surface area contributed by atoms with Gasteiger partial charge < -0.3 is 31.5 Å². The van der Waals surface area contributed by atoms with E-state index in [0.717, 1.165) is 21.1 Å². The number of anilines is 2. The van der Waals surface area contributed by atoms with Gasteiger partial charge in [0.05, 0.1) is 29.0 Å². The van der Waals surface area contributed by atoms with Crippen molar-refractivity contribution in [1.82, 2.24) is 25.6 Å². The molecule has 0 saturated heterocycles. The molecule has 6 N–H and O–H groups in total. The van der Waals surface area contributed by atoms with Crippen molar-refractivity contribution in [2.75, 3.05) is 30.3 Å². The average molecular weight is 486 g/mol. The van der Waals surface area contributed by atoms with Gasteiger partial charge in [0, 0.05) is 37.4 Å². The summed E-state index contributed by atoms with van der Waals surface area (Å²) in [5.41, 5.74) is 3.07. The van der Waals surface area contributed by atoms with Gasteiger partial charge in [0.1, 0.15) is 0 Å². The first-order valence-electron chi connectivity index (χ1n) is 11.1. The van der Waals surface area contributed by atoms with Crippen molar-refractivity contribution in [3.8, 4) is 21.8 Å². The Kier molecular flexibility index (Phi) is 9.14. The van der Waals surface area contributed by atoms with Gasteiger partial charge in [-0.3, -0.25) is 0 Å². The molecule has 1 aromatic carbocycles. The molecule has 1 unspecified atom stereocenters. The van der Waals surface area contributed by atoms with Crippen LogP contribution in [-0.2, 0) is 6.54 Å². The van der Waals surface area contributed by atoms with Crippen LogP contribution in [0.4, 0.5) is 15.9 Å². The third kappa shape index (κ3) is 7.11. The molecule has 0 radical (unpaired) electrons. The highest BCUT2D eigenvalue weighted by atomic mass is 32.1. The number of urea groups is 1. The number of rotatable bonds is 11. The zero-order valence-electron chi connectivity index (χ0n) is 19.5. The first kappa shape index (κ1) is 25.3. The lowest BCUT2D eigenvalue weighted by molar-refractivity contribution is 0.105. The van der Waals surface area contributed by atoms with Crippen molar-refractivity contribution in [3.05, 3.63) is 42.1 Å². The van der Waals surface area contributed by atoms with E-state index >= 15 is 0 Å². The third-order valence-electron chi connectivity index (χ3n) is 4.67. The molecule has 11 heteroatoms. The summed E-state index contributed by atoms with van der Waals surface area (Å²) in [7, 11) is 0. The Morgan fingerprint density at radius 1 is 1.15 bits per heavy atom. The smallest absolute Gasteiger partial charge is 0.315 e. The quantitative estimate of drug-likeness (QED) is 0.243. The van der Waals surface area contributed by atoms with Crippen LogP contribution in [0.25, 0.3) is 21.8 Å². The second-order valence-corrected chi connectivity index (χ2v) is 8.91. The molecule has 0 aliphatic heterocycles. The number of carbonyl (C=O) groups excluding carboxylic acids is 1. The van der Waals surface area contributed by atoms with Gasteiger partial charge in [-0.2, -0.15) is 0 Å². The number of hydrogen-bond acceptors (Lipinski definition) is 9. The lowest BCUT2D eigenvalue weighted by Crippen LogP contribution is -2.34. The Labute approximate surface area is 202 Å². The Morgan fingerprint density at radius 3 is 2.65 bits per heavy atom. The standard InChI is InChI=1S/C23H31N7O3S/c1-4-24-22(33)26-10-15-7-5-6-8-17(15)18-9-19(20-12-27-23(34-20)28-14(2)3)30-21(29-18)25-11-16(32)13-31/h5-9,12,14,16,31-32H,4,10-11,13H2,1-3H3,(H,27,28)(H2,24,26,33)(H,25,29,30). The van der Waals surface area contributed by atoms with Gasteiger partial charge in [-0.15, -0.1) is 0 Å². The highest BCUT2D eigenvalue weighted by Crippen LogP contribution is 2.32. The molecule has 0 aliphatic carbocycles. The highest BCUT2D eigenvalue weighted by Gasteiger charge is 2.15. The number of amides is 2. The van der Waals surface area contributed by atoms with Gasteiger partial charge in [-0.1, -0.05) is 35.6 Å². The molecule has 2 heterocycles. The predicted molar refractivity (Wildman–Crippen MR) is 135 cm³/mol. The van der Waals surface area contributed by atoms with Crippen LogP contribution in [0.5, 0.6) is 0 Å². The largest absolute Gasteiger partial charge is 0.394 e. The summed E-state index contributed by atoms with van der Waals surface area (Å²) >= 11 is 1.48. The molecular weight excluding hydrogens is 454 g/mol. The van der Waals surface area contributed by atoms with Crippen LogP contribution in [-0.4, -0.2) is 63.0 Å².